The summed E-state index contributed by atoms with van der Waals surface area (Å²) in [4.78, 5) is 13.7. The van der Waals surface area contributed by atoms with Crippen LogP contribution in [0.2, 0.25) is 0 Å². The van der Waals surface area contributed by atoms with Gasteiger partial charge in [-0.25, -0.2) is 13.8 Å². The third-order valence-electron chi connectivity index (χ3n) is 4.70. The number of nitrogens with one attached hydrogen (secondary N) is 1. The number of hydrogen-bond donors (Lipinski definition) is 1. The first-order valence-electron chi connectivity index (χ1n) is 8.83. The van der Waals surface area contributed by atoms with E-state index in [0.717, 1.165) is 16.2 Å². The zero-order chi connectivity index (χ0) is 19.4. The van der Waals surface area contributed by atoms with Gasteiger partial charge >= 0.3 is 0 Å². The van der Waals surface area contributed by atoms with Gasteiger partial charge in [-0.3, -0.25) is 4.79 Å². The number of piperidine rings is 1. The van der Waals surface area contributed by atoms with E-state index in [1.165, 1.54) is 4.31 Å². The quantitative estimate of drug-likeness (QED) is 0.613. The molecule has 0 bridgehead atoms. The largest absolute Gasteiger partial charge is 0.273 e. The number of benzene rings is 1. The first-order valence-corrected chi connectivity index (χ1v) is 11.1. The zero-order valence-electron chi connectivity index (χ0n) is 15.4. The molecule has 1 saturated heterocycles. The van der Waals surface area contributed by atoms with Crippen molar-refractivity contribution >= 4 is 33.0 Å². The van der Waals surface area contributed by atoms with Crippen LogP contribution in [0.3, 0.4) is 0 Å². The fourth-order valence-corrected chi connectivity index (χ4v) is 5.13. The van der Waals surface area contributed by atoms with E-state index in [9.17, 15) is 13.2 Å². The molecule has 6 nitrogen and oxygen atoms in total. The van der Waals surface area contributed by atoms with E-state index in [4.69, 9.17) is 0 Å². The second-order valence-corrected chi connectivity index (χ2v) is 9.53. The number of rotatable bonds is 5. The van der Waals surface area contributed by atoms with Crippen LogP contribution in [0.1, 0.15) is 30.2 Å². The van der Waals surface area contributed by atoms with Crippen molar-refractivity contribution in [3.8, 4) is 0 Å². The predicted molar refractivity (Wildman–Crippen MR) is 107 cm³/mol. The second kappa shape index (κ2) is 8.33. The molecule has 0 saturated carbocycles. The molecule has 1 fully saturated rings. The minimum atomic E-state index is -3.51. The lowest BCUT2D eigenvalue weighted by Gasteiger charge is -2.30. The molecule has 0 radical (unpaired) electrons. The van der Waals surface area contributed by atoms with Crippen LogP contribution >= 0.6 is 11.3 Å². The number of hydrogen-bond acceptors (Lipinski definition) is 5. The van der Waals surface area contributed by atoms with Crippen LogP contribution in [-0.2, 0) is 14.8 Å². The molecule has 1 aromatic heterocycles. The fraction of sp³-hybridized carbons (Fsp3) is 0.368. The highest BCUT2D eigenvalue weighted by atomic mass is 32.2. The van der Waals surface area contributed by atoms with E-state index in [2.05, 4.69) is 10.5 Å². The fourth-order valence-electron chi connectivity index (χ4n) is 2.99. The number of aryl methyl sites for hydroxylation is 1. The van der Waals surface area contributed by atoms with Crippen molar-refractivity contribution < 1.29 is 13.2 Å². The molecule has 1 aliphatic rings. The molecular formula is C19H23N3O3S2. The lowest BCUT2D eigenvalue weighted by atomic mass is 9.98. The molecule has 0 aliphatic carbocycles. The van der Waals surface area contributed by atoms with Crippen LogP contribution in [0.25, 0.3) is 0 Å². The maximum Gasteiger partial charge on any atom is 0.243 e. The van der Waals surface area contributed by atoms with Gasteiger partial charge in [0.2, 0.25) is 15.9 Å². The first kappa shape index (κ1) is 19.7. The summed E-state index contributed by atoms with van der Waals surface area (Å²) in [5.41, 5.74) is 4.40. The minimum absolute atomic E-state index is 0.154. The molecule has 3 rings (SSSR count). The summed E-state index contributed by atoms with van der Waals surface area (Å²) < 4.78 is 26.9. The predicted octanol–water partition coefficient (Wildman–Crippen LogP) is 3.00. The Morgan fingerprint density at radius 3 is 2.44 bits per heavy atom. The molecule has 0 spiro atoms. The second-order valence-electron chi connectivity index (χ2n) is 6.64. The molecule has 2 heterocycles. The van der Waals surface area contributed by atoms with Crippen molar-refractivity contribution in [2.75, 3.05) is 13.1 Å². The monoisotopic (exact) mass is 405 g/mol. The normalized spacial score (nSPS) is 17.0. The maximum absolute atomic E-state index is 12.7. The Hall–Kier alpha value is -2.03. The molecule has 2 aromatic rings. The van der Waals surface area contributed by atoms with Crippen LogP contribution in [0.5, 0.6) is 0 Å². The van der Waals surface area contributed by atoms with Gasteiger partial charge in [0.15, 0.2) is 0 Å². The van der Waals surface area contributed by atoms with Crippen LogP contribution in [-0.4, -0.2) is 37.4 Å². The average Bonchev–Trinajstić information content (AvgIpc) is 3.21. The SMILES string of the molecule is C/C(=N\NC(=O)C1CCN(S(=O)(=O)c2ccc(C)cc2)CC1)c1cccs1. The molecule has 27 heavy (non-hydrogen) atoms. The van der Waals surface area contributed by atoms with Crippen molar-refractivity contribution in [1.82, 2.24) is 9.73 Å². The summed E-state index contributed by atoms with van der Waals surface area (Å²) in [6, 6.07) is 10.7. The Morgan fingerprint density at radius 1 is 1.19 bits per heavy atom. The van der Waals surface area contributed by atoms with Crippen molar-refractivity contribution in [3.05, 3.63) is 52.2 Å². The van der Waals surface area contributed by atoms with Crippen molar-refractivity contribution in [2.24, 2.45) is 11.0 Å². The van der Waals surface area contributed by atoms with Crippen molar-refractivity contribution in [2.45, 2.75) is 31.6 Å². The van der Waals surface area contributed by atoms with Crippen molar-refractivity contribution in [1.29, 1.82) is 0 Å². The van der Waals surface area contributed by atoms with Crippen LogP contribution < -0.4 is 5.43 Å². The van der Waals surface area contributed by atoms with Gasteiger partial charge in [0, 0.05) is 23.9 Å². The van der Waals surface area contributed by atoms with Gasteiger partial charge in [0.25, 0.3) is 0 Å². The lowest BCUT2D eigenvalue weighted by molar-refractivity contribution is -0.126. The van der Waals surface area contributed by atoms with E-state index in [1.54, 1.807) is 35.6 Å². The standard InChI is InChI=1S/C19H23N3O3S2/c1-14-5-7-17(8-6-14)27(24,25)22-11-9-16(10-12-22)19(23)21-20-15(2)18-4-3-13-26-18/h3-8,13,16H,9-12H2,1-2H3,(H,21,23)/b20-15+. The van der Waals surface area contributed by atoms with Gasteiger partial charge in [0.1, 0.15) is 0 Å². The first-order chi connectivity index (χ1) is 12.9. The summed E-state index contributed by atoms with van der Waals surface area (Å²) in [5.74, 6) is -0.382. The van der Waals surface area contributed by atoms with Gasteiger partial charge in [-0.1, -0.05) is 23.8 Å². The maximum atomic E-state index is 12.7. The Bertz CT molecular complexity index is 912. The molecule has 1 amide bonds. The van der Waals surface area contributed by atoms with E-state index >= 15 is 0 Å². The molecule has 1 aromatic carbocycles. The number of nitrogens with zero attached hydrogens (tertiary/aromatic N) is 2. The Balaban J connectivity index is 1.57. The van der Waals surface area contributed by atoms with E-state index in [-0.39, 0.29) is 11.8 Å². The van der Waals surface area contributed by atoms with Crippen LogP contribution in [0.15, 0.2) is 51.8 Å². The van der Waals surface area contributed by atoms with E-state index in [1.807, 2.05) is 31.4 Å². The minimum Gasteiger partial charge on any atom is -0.273 e. The molecular weight excluding hydrogens is 382 g/mol. The number of thiophene rings is 1. The molecule has 1 N–H and O–H groups in total. The molecule has 0 atom stereocenters. The van der Waals surface area contributed by atoms with Gasteiger partial charge in [-0.15, -0.1) is 11.3 Å². The summed E-state index contributed by atoms with van der Waals surface area (Å²) in [6.45, 7) is 4.44. The highest BCUT2D eigenvalue weighted by molar-refractivity contribution is 7.89. The molecule has 144 valence electrons. The van der Waals surface area contributed by atoms with E-state index < -0.39 is 10.0 Å². The third-order valence-corrected chi connectivity index (χ3v) is 7.59. The zero-order valence-corrected chi connectivity index (χ0v) is 17.0. The van der Waals surface area contributed by atoms with Crippen molar-refractivity contribution in [3.63, 3.8) is 0 Å². The number of carbonyl (C=O) groups excluding carboxylic acids is 1. The smallest absolute Gasteiger partial charge is 0.243 e. The number of hydrazone groups is 1. The average molecular weight is 406 g/mol. The molecule has 8 heteroatoms. The summed E-state index contributed by atoms with van der Waals surface area (Å²) in [5, 5.41) is 6.12. The Labute approximate surface area is 164 Å². The number of sulfonamides is 1. The third kappa shape index (κ3) is 4.63. The summed E-state index contributed by atoms with van der Waals surface area (Å²) in [7, 11) is -3.51. The number of amides is 1. The number of carbonyl (C=O) groups is 1. The Morgan fingerprint density at radius 2 is 1.85 bits per heavy atom. The molecule has 1 aliphatic heterocycles. The van der Waals surface area contributed by atoms with Gasteiger partial charge in [-0.05, 0) is 50.3 Å². The van der Waals surface area contributed by atoms with Crippen LogP contribution in [0.4, 0.5) is 0 Å². The summed E-state index contributed by atoms with van der Waals surface area (Å²) >= 11 is 1.56. The highest BCUT2D eigenvalue weighted by Gasteiger charge is 2.32. The summed E-state index contributed by atoms with van der Waals surface area (Å²) in [6.07, 6.45) is 0.981. The molecule has 0 unspecified atom stereocenters. The topological polar surface area (TPSA) is 78.8 Å². The van der Waals surface area contributed by atoms with Gasteiger partial charge in [0.05, 0.1) is 10.6 Å². The Kier molecular flexibility index (Phi) is 6.08. The van der Waals surface area contributed by atoms with E-state index in [0.29, 0.717) is 30.8 Å². The van der Waals surface area contributed by atoms with Gasteiger partial charge in [-0.2, -0.15) is 9.41 Å². The lowest BCUT2D eigenvalue weighted by Crippen LogP contribution is -2.42. The van der Waals surface area contributed by atoms with Crippen LogP contribution in [0, 0.1) is 12.8 Å². The highest BCUT2D eigenvalue weighted by Crippen LogP contribution is 2.24. The van der Waals surface area contributed by atoms with Gasteiger partial charge < -0.3 is 0 Å².